The molecule has 112 valence electrons. The van der Waals surface area contributed by atoms with E-state index in [2.05, 4.69) is 17.6 Å². The Hall–Kier alpha value is -0.570. The van der Waals surface area contributed by atoms with E-state index in [1.807, 2.05) is 0 Å². The summed E-state index contributed by atoms with van der Waals surface area (Å²) in [4.78, 5) is 12.7. The predicted octanol–water partition coefficient (Wildman–Crippen LogP) is 2.32. The summed E-state index contributed by atoms with van der Waals surface area (Å²) >= 11 is 0. The van der Waals surface area contributed by atoms with Gasteiger partial charge < -0.3 is 10.6 Å². The number of rotatable bonds is 2. The van der Waals surface area contributed by atoms with Gasteiger partial charge in [-0.2, -0.15) is 0 Å². The summed E-state index contributed by atoms with van der Waals surface area (Å²) in [5, 5.41) is 6.95. The molecule has 1 aliphatic heterocycles. The zero-order valence-corrected chi connectivity index (χ0v) is 12.7. The minimum absolute atomic E-state index is 0.187. The van der Waals surface area contributed by atoms with Crippen molar-refractivity contribution in [1.82, 2.24) is 10.6 Å². The van der Waals surface area contributed by atoms with Gasteiger partial charge in [0.25, 0.3) is 0 Å². The van der Waals surface area contributed by atoms with E-state index in [1.165, 1.54) is 38.5 Å². The molecule has 0 spiro atoms. The average Bonchev–Trinajstić information content (AvgIpc) is 2.36. The zero-order valence-electron chi connectivity index (χ0n) is 12.7. The van der Waals surface area contributed by atoms with Crippen molar-refractivity contribution in [3.05, 3.63) is 0 Å². The molecule has 1 amide bonds. The van der Waals surface area contributed by atoms with Gasteiger partial charge in [0.05, 0.1) is 5.92 Å². The van der Waals surface area contributed by atoms with Gasteiger partial charge in [-0.15, -0.1) is 0 Å². The van der Waals surface area contributed by atoms with Crippen LogP contribution in [0, 0.1) is 29.6 Å². The van der Waals surface area contributed by atoms with Crippen LogP contribution in [0.1, 0.15) is 51.9 Å². The topological polar surface area (TPSA) is 41.1 Å². The molecule has 4 aliphatic carbocycles. The minimum atomic E-state index is 0.187. The van der Waals surface area contributed by atoms with Crippen LogP contribution in [0.4, 0.5) is 0 Å². The summed E-state index contributed by atoms with van der Waals surface area (Å²) in [7, 11) is 0. The number of hydrogen-bond donors (Lipinski definition) is 2. The molecule has 3 nitrogen and oxygen atoms in total. The number of carbonyl (C=O) groups excluding carboxylic acids is 1. The Bertz CT molecular complexity index is 371. The summed E-state index contributed by atoms with van der Waals surface area (Å²) < 4.78 is 0. The van der Waals surface area contributed by atoms with Gasteiger partial charge in [0.15, 0.2) is 0 Å². The fraction of sp³-hybridized carbons (Fsp3) is 0.941. The lowest BCUT2D eigenvalue weighted by atomic mass is 9.53. The first-order valence-corrected chi connectivity index (χ1v) is 8.65. The second-order valence-corrected chi connectivity index (χ2v) is 8.38. The Morgan fingerprint density at radius 1 is 1.00 bits per heavy atom. The van der Waals surface area contributed by atoms with Crippen molar-refractivity contribution < 1.29 is 4.79 Å². The zero-order chi connectivity index (χ0) is 13.7. The molecule has 0 radical (unpaired) electrons. The summed E-state index contributed by atoms with van der Waals surface area (Å²) in [5.74, 6) is 3.90. The first kappa shape index (κ1) is 13.1. The maximum absolute atomic E-state index is 12.7. The van der Waals surface area contributed by atoms with E-state index in [-0.39, 0.29) is 11.5 Å². The average molecular weight is 276 g/mol. The molecule has 0 aromatic heterocycles. The molecule has 4 bridgehead atoms. The van der Waals surface area contributed by atoms with Crippen LogP contribution in [0.25, 0.3) is 0 Å². The third kappa shape index (κ3) is 2.28. The largest absolute Gasteiger partial charge is 0.350 e. The molecule has 5 aliphatic rings. The van der Waals surface area contributed by atoms with Crippen LogP contribution in [-0.2, 0) is 4.79 Å². The van der Waals surface area contributed by atoms with E-state index < -0.39 is 0 Å². The lowest BCUT2D eigenvalue weighted by molar-refractivity contribution is -0.131. The smallest absolute Gasteiger partial charge is 0.224 e. The van der Waals surface area contributed by atoms with E-state index >= 15 is 0 Å². The van der Waals surface area contributed by atoms with E-state index in [0.29, 0.717) is 11.8 Å². The van der Waals surface area contributed by atoms with Crippen molar-refractivity contribution in [2.24, 2.45) is 29.6 Å². The molecule has 5 fully saturated rings. The SMILES string of the molecule is CC1CNCC(C(=O)NC23CC4CC(CC(C4)C2)C3)C1. The molecule has 5 rings (SSSR count). The Morgan fingerprint density at radius 2 is 1.60 bits per heavy atom. The third-order valence-corrected chi connectivity index (χ3v) is 6.37. The van der Waals surface area contributed by atoms with Gasteiger partial charge in [0.1, 0.15) is 0 Å². The fourth-order valence-electron chi connectivity index (χ4n) is 5.98. The Labute approximate surface area is 122 Å². The van der Waals surface area contributed by atoms with Crippen LogP contribution < -0.4 is 10.6 Å². The van der Waals surface area contributed by atoms with Crippen LogP contribution in [0.2, 0.25) is 0 Å². The molecular formula is C17H28N2O. The minimum Gasteiger partial charge on any atom is -0.350 e. The molecule has 20 heavy (non-hydrogen) atoms. The first-order valence-electron chi connectivity index (χ1n) is 8.65. The van der Waals surface area contributed by atoms with Crippen molar-refractivity contribution in [2.45, 2.75) is 57.4 Å². The van der Waals surface area contributed by atoms with Crippen molar-refractivity contribution in [1.29, 1.82) is 0 Å². The van der Waals surface area contributed by atoms with E-state index in [1.54, 1.807) is 0 Å². The Morgan fingerprint density at radius 3 is 2.15 bits per heavy atom. The number of amides is 1. The molecule has 2 unspecified atom stereocenters. The van der Waals surface area contributed by atoms with Gasteiger partial charge >= 0.3 is 0 Å². The molecule has 0 aromatic carbocycles. The van der Waals surface area contributed by atoms with Gasteiger partial charge in [-0.3, -0.25) is 4.79 Å². The molecule has 1 heterocycles. The Kier molecular flexibility index (Phi) is 3.10. The van der Waals surface area contributed by atoms with E-state index in [9.17, 15) is 4.79 Å². The van der Waals surface area contributed by atoms with Crippen LogP contribution in [0.15, 0.2) is 0 Å². The van der Waals surface area contributed by atoms with Gasteiger partial charge in [0.2, 0.25) is 5.91 Å². The summed E-state index contributed by atoms with van der Waals surface area (Å²) in [6, 6.07) is 0. The molecule has 4 saturated carbocycles. The van der Waals surface area contributed by atoms with Gasteiger partial charge in [-0.05, 0) is 75.2 Å². The monoisotopic (exact) mass is 276 g/mol. The maximum Gasteiger partial charge on any atom is 0.224 e. The molecule has 2 N–H and O–H groups in total. The van der Waals surface area contributed by atoms with Crippen molar-refractivity contribution in [3.63, 3.8) is 0 Å². The summed E-state index contributed by atoms with van der Waals surface area (Å²) in [6.07, 6.45) is 9.18. The highest BCUT2D eigenvalue weighted by atomic mass is 16.2. The molecule has 1 saturated heterocycles. The summed E-state index contributed by atoms with van der Waals surface area (Å²) in [5.41, 5.74) is 0.187. The van der Waals surface area contributed by atoms with Crippen molar-refractivity contribution in [2.75, 3.05) is 13.1 Å². The Balaban J connectivity index is 1.44. The molecular weight excluding hydrogens is 248 g/mol. The van der Waals surface area contributed by atoms with Gasteiger partial charge in [0, 0.05) is 12.1 Å². The standard InChI is InChI=1S/C17H28N2O/c1-11-2-15(10-18-9-11)16(20)19-17-6-12-3-13(7-17)5-14(4-12)8-17/h11-15,18H,2-10H2,1H3,(H,19,20). The fourth-order valence-corrected chi connectivity index (χ4v) is 5.98. The lowest BCUT2D eigenvalue weighted by Crippen LogP contribution is -2.61. The quantitative estimate of drug-likeness (QED) is 0.812. The normalized spacial score (nSPS) is 50.1. The highest BCUT2D eigenvalue weighted by molar-refractivity contribution is 5.80. The van der Waals surface area contributed by atoms with Crippen molar-refractivity contribution in [3.8, 4) is 0 Å². The maximum atomic E-state index is 12.7. The highest BCUT2D eigenvalue weighted by Crippen LogP contribution is 2.55. The molecule has 2 atom stereocenters. The number of nitrogens with one attached hydrogen (secondary N) is 2. The van der Waals surface area contributed by atoms with E-state index in [4.69, 9.17) is 0 Å². The first-order chi connectivity index (χ1) is 9.62. The van der Waals surface area contributed by atoms with Crippen LogP contribution in [0.3, 0.4) is 0 Å². The van der Waals surface area contributed by atoms with Crippen LogP contribution >= 0.6 is 0 Å². The van der Waals surface area contributed by atoms with Gasteiger partial charge in [-0.1, -0.05) is 6.92 Å². The van der Waals surface area contributed by atoms with E-state index in [0.717, 1.165) is 37.3 Å². The second kappa shape index (κ2) is 4.72. The number of hydrogen-bond acceptors (Lipinski definition) is 2. The second-order valence-electron chi connectivity index (χ2n) is 8.38. The molecule has 3 heteroatoms. The number of piperidine rings is 1. The number of carbonyl (C=O) groups is 1. The third-order valence-electron chi connectivity index (χ3n) is 6.37. The predicted molar refractivity (Wildman–Crippen MR) is 79.2 cm³/mol. The summed E-state index contributed by atoms with van der Waals surface area (Å²) in [6.45, 7) is 4.20. The van der Waals surface area contributed by atoms with Crippen LogP contribution in [-0.4, -0.2) is 24.5 Å². The molecule has 0 aromatic rings. The van der Waals surface area contributed by atoms with Crippen molar-refractivity contribution >= 4 is 5.91 Å². The van der Waals surface area contributed by atoms with Crippen LogP contribution in [0.5, 0.6) is 0 Å². The highest BCUT2D eigenvalue weighted by Gasteiger charge is 2.51. The lowest BCUT2D eigenvalue weighted by Gasteiger charge is -2.57. The van der Waals surface area contributed by atoms with Gasteiger partial charge in [-0.25, -0.2) is 0 Å².